The molecule has 0 unspecified atom stereocenters. The summed E-state index contributed by atoms with van der Waals surface area (Å²) >= 11 is 0. The molecular formula is C17H25NO7. The molecule has 2 atom stereocenters. The summed E-state index contributed by atoms with van der Waals surface area (Å²) in [5.41, 5.74) is 0.653. The molecule has 0 aliphatic carbocycles. The predicted octanol–water partition coefficient (Wildman–Crippen LogP) is 1.32. The molecule has 2 N–H and O–H groups in total. The van der Waals surface area contributed by atoms with Crippen molar-refractivity contribution < 1.29 is 29.3 Å². The van der Waals surface area contributed by atoms with E-state index in [1.165, 1.54) is 7.11 Å². The Morgan fingerprint density at radius 1 is 1.32 bits per heavy atom. The van der Waals surface area contributed by atoms with Gasteiger partial charge in [-0.2, -0.15) is 0 Å². The van der Waals surface area contributed by atoms with Gasteiger partial charge in [-0.1, -0.05) is 12.1 Å². The van der Waals surface area contributed by atoms with Crippen molar-refractivity contribution in [1.29, 1.82) is 0 Å². The third-order valence-corrected chi connectivity index (χ3v) is 4.40. The van der Waals surface area contributed by atoms with Crippen molar-refractivity contribution in [3.8, 4) is 5.75 Å². The Morgan fingerprint density at radius 2 is 1.96 bits per heavy atom. The summed E-state index contributed by atoms with van der Waals surface area (Å²) < 4.78 is 16.4. The van der Waals surface area contributed by atoms with E-state index in [1.54, 1.807) is 24.3 Å². The molecule has 140 valence electrons. The number of methoxy groups -OCH3 is 1. The van der Waals surface area contributed by atoms with Crippen LogP contribution in [-0.4, -0.2) is 60.5 Å². The Morgan fingerprint density at radius 3 is 2.48 bits per heavy atom. The van der Waals surface area contributed by atoms with Crippen LogP contribution in [0.1, 0.15) is 30.7 Å². The van der Waals surface area contributed by atoms with Crippen LogP contribution >= 0.6 is 0 Å². The van der Waals surface area contributed by atoms with Crippen LogP contribution in [0.4, 0.5) is 0 Å². The molecule has 1 heterocycles. The lowest BCUT2D eigenvalue weighted by Gasteiger charge is -2.31. The van der Waals surface area contributed by atoms with Gasteiger partial charge in [-0.15, -0.1) is 0 Å². The Labute approximate surface area is 146 Å². The number of nitrogens with zero attached hydrogens (tertiary/aromatic N) is 1. The first-order valence-electron chi connectivity index (χ1n) is 8.32. The maximum absolute atomic E-state index is 11.1. The minimum atomic E-state index is -1.02. The normalized spacial score (nSPS) is 18.7. The molecule has 1 aliphatic rings. The third kappa shape index (κ3) is 5.37. The summed E-state index contributed by atoms with van der Waals surface area (Å²) in [5.74, 6) is -1.05. The van der Waals surface area contributed by atoms with Crippen molar-refractivity contribution in [2.45, 2.75) is 37.1 Å². The molecule has 0 radical (unpaired) electrons. The summed E-state index contributed by atoms with van der Waals surface area (Å²) in [6, 6.07) is 6.85. The predicted molar refractivity (Wildman–Crippen MR) is 89.2 cm³/mol. The zero-order valence-electron chi connectivity index (χ0n) is 14.3. The molecule has 2 rings (SSSR count). The van der Waals surface area contributed by atoms with Crippen LogP contribution in [0.5, 0.6) is 5.75 Å². The molecule has 0 aromatic heterocycles. The second-order valence-electron chi connectivity index (χ2n) is 6.10. The first-order valence-corrected chi connectivity index (χ1v) is 8.32. The van der Waals surface area contributed by atoms with Gasteiger partial charge < -0.3 is 24.4 Å². The molecule has 0 bridgehead atoms. The summed E-state index contributed by atoms with van der Waals surface area (Å²) in [6.45, 7) is 0.395. The molecule has 0 spiro atoms. The maximum Gasteiger partial charge on any atom is 0.213 e. The Hall–Kier alpha value is -1.74. The van der Waals surface area contributed by atoms with Crippen LogP contribution in [-0.2, 0) is 9.47 Å². The number of ether oxygens (including phenoxy) is 3. The van der Waals surface area contributed by atoms with Gasteiger partial charge in [0.05, 0.1) is 32.3 Å². The highest BCUT2D eigenvalue weighted by Crippen LogP contribution is 2.34. The maximum atomic E-state index is 11.1. The molecule has 1 aliphatic heterocycles. The van der Waals surface area contributed by atoms with E-state index in [9.17, 15) is 15.2 Å². The minimum Gasteiger partial charge on any atom is -0.497 e. The van der Waals surface area contributed by atoms with Gasteiger partial charge in [0, 0.05) is 24.4 Å². The highest BCUT2D eigenvalue weighted by Gasteiger charge is 2.41. The molecule has 0 amide bonds. The van der Waals surface area contributed by atoms with Gasteiger partial charge in [-0.3, -0.25) is 10.1 Å². The van der Waals surface area contributed by atoms with Crippen molar-refractivity contribution >= 4 is 0 Å². The molecular weight excluding hydrogens is 330 g/mol. The summed E-state index contributed by atoms with van der Waals surface area (Å²) in [4.78, 5) is 10.6. The van der Waals surface area contributed by atoms with Crippen molar-refractivity contribution in [2.75, 3.05) is 33.5 Å². The van der Waals surface area contributed by atoms with Crippen molar-refractivity contribution in [3.63, 3.8) is 0 Å². The van der Waals surface area contributed by atoms with E-state index in [1.807, 2.05) is 0 Å². The standard InChI is InChI=1S/C17H25NO7/c1-23-14-5-3-13(4-6-14)15(12-18(21)22)16(20)11-17(7-2-8-19)24-9-10-25-17/h3-6,15-16,19-20H,2,7-12H2,1H3/t15-,16-/m0/s1. The van der Waals surface area contributed by atoms with Gasteiger partial charge in [-0.25, -0.2) is 0 Å². The number of benzene rings is 1. The van der Waals surface area contributed by atoms with Gasteiger partial charge in [0.25, 0.3) is 0 Å². The van der Waals surface area contributed by atoms with E-state index in [2.05, 4.69) is 0 Å². The average molecular weight is 355 g/mol. The van der Waals surface area contributed by atoms with Crippen LogP contribution < -0.4 is 4.74 Å². The van der Waals surface area contributed by atoms with E-state index in [4.69, 9.17) is 19.3 Å². The van der Waals surface area contributed by atoms with E-state index in [0.29, 0.717) is 37.4 Å². The molecule has 0 saturated carbocycles. The fourth-order valence-corrected chi connectivity index (χ4v) is 3.13. The second kappa shape index (κ2) is 9.10. The lowest BCUT2D eigenvalue weighted by Crippen LogP contribution is -2.38. The molecule has 25 heavy (non-hydrogen) atoms. The quantitative estimate of drug-likeness (QED) is 0.481. The number of aliphatic hydroxyl groups is 2. The summed E-state index contributed by atoms with van der Waals surface area (Å²) in [5, 5.41) is 30.8. The zero-order chi connectivity index (χ0) is 18.3. The van der Waals surface area contributed by atoms with Crippen molar-refractivity contribution in [2.24, 2.45) is 0 Å². The van der Waals surface area contributed by atoms with Crippen LogP contribution in [0, 0.1) is 10.1 Å². The van der Waals surface area contributed by atoms with E-state index in [0.717, 1.165) is 0 Å². The lowest BCUT2D eigenvalue weighted by molar-refractivity contribution is -0.485. The SMILES string of the molecule is COc1ccc([C@H](C[N+](=O)[O-])[C@@H](O)CC2(CCCO)OCCO2)cc1. The van der Waals surface area contributed by atoms with Gasteiger partial charge in [0.2, 0.25) is 6.54 Å². The Kier molecular flexibility index (Phi) is 7.12. The van der Waals surface area contributed by atoms with Crippen molar-refractivity contribution in [3.05, 3.63) is 39.9 Å². The fourth-order valence-electron chi connectivity index (χ4n) is 3.13. The van der Waals surface area contributed by atoms with Gasteiger partial charge in [0.1, 0.15) is 5.75 Å². The van der Waals surface area contributed by atoms with Gasteiger partial charge in [0.15, 0.2) is 5.79 Å². The number of nitro groups is 1. The molecule has 1 aromatic carbocycles. The lowest BCUT2D eigenvalue weighted by atomic mass is 9.88. The van der Waals surface area contributed by atoms with E-state index >= 15 is 0 Å². The highest BCUT2D eigenvalue weighted by molar-refractivity contribution is 5.30. The topological polar surface area (TPSA) is 111 Å². The van der Waals surface area contributed by atoms with Crippen LogP contribution in [0.25, 0.3) is 0 Å². The number of hydrogen-bond acceptors (Lipinski definition) is 7. The third-order valence-electron chi connectivity index (χ3n) is 4.40. The Balaban J connectivity index is 2.16. The van der Waals surface area contributed by atoms with Gasteiger partial charge >= 0.3 is 0 Å². The minimum absolute atomic E-state index is 0.0125. The average Bonchev–Trinajstić information content (AvgIpc) is 3.06. The first kappa shape index (κ1) is 19.6. The van der Waals surface area contributed by atoms with Crippen LogP contribution in [0.15, 0.2) is 24.3 Å². The monoisotopic (exact) mass is 355 g/mol. The molecule has 1 aromatic rings. The van der Waals surface area contributed by atoms with Crippen LogP contribution in [0.3, 0.4) is 0 Å². The molecule has 1 fully saturated rings. The number of rotatable bonds is 10. The molecule has 8 heteroatoms. The number of hydrogen-bond donors (Lipinski definition) is 2. The number of aliphatic hydroxyl groups excluding tert-OH is 2. The van der Waals surface area contributed by atoms with E-state index in [-0.39, 0.29) is 13.0 Å². The smallest absolute Gasteiger partial charge is 0.213 e. The first-order chi connectivity index (χ1) is 12.0. The van der Waals surface area contributed by atoms with Crippen molar-refractivity contribution in [1.82, 2.24) is 0 Å². The zero-order valence-corrected chi connectivity index (χ0v) is 14.3. The highest BCUT2D eigenvalue weighted by atomic mass is 16.7. The van der Waals surface area contributed by atoms with E-state index < -0.39 is 29.3 Å². The summed E-state index contributed by atoms with van der Waals surface area (Å²) in [6.07, 6.45) is -0.0169. The Bertz CT molecular complexity index is 542. The molecule has 8 nitrogen and oxygen atoms in total. The summed E-state index contributed by atoms with van der Waals surface area (Å²) in [7, 11) is 1.54. The molecule has 1 saturated heterocycles. The largest absolute Gasteiger partial charge is 0.497 e. The fraction of sp³-hybridized carbons (Fsp3) is 0.647. The second-order valence-corrected chi connectivity index (χ2v) is 6.10. The van der Waals surface area contributed by atoms with Gasteiger partial charge in [-0.05, 0) is 24.1 Å². The van der Waals surface area contributed by atoms with Crippen LogP contribution in [0.2, 0.25) is 0 Å².